The Hall–Kier alpha value is -1.47. The highest BCUT2D eigenvalue weighted by Crippen LogP contribution is 2.40. The molecule has 23 heavy (non-hydrogen) atoms. The first-order valence-corrected chi connectivity index (χ1v) is 7.20. The van der Waals surface area contributed by atoms with Crippen LogP contribution in [0.3, 0.4) is 0 Å². The zero-order chi connectivity index (χ0) is 16.8. The molecule has 0 amide bonds. The van der Waals surface area contributed by atoms with Gasteiger partial charge in [0.25, 0.3) is 0 Å². The summed E-state index contributed by atoms with van der Waals surface area (Å²) in [6, 6.07) is 0. The summed E-state index contributed by atoms with van der Waals surface area (Å²) in [6.45, 7) is -0.523. The number of nitrogens with one attached hydrogen (secondary N) is 1. The number of hydrogen-bond donors (Lipinski definition) is 4. The molecule has 4 atom stereocenters. The van der Waals surface area contributed by atoms with E-state index in [-0.39, 0.29) is 16.7 Å². The Morgan fingerprint density at radius 3 is 2.57 bits per heavy atom. The molecule has 2 aromatic heterocycles. The molecule has 0 spiro atoms. The summed E-state index contributed by atoms with van der Waals surface area (Å²) in [5.41, 5.74) is -4.51. The minimum atomic E-state index is -4.54. The van der Waals surface area contributed by atoms with E-state index in [2.05, 4.69) is 20.2 Å². The lowest BCUT2D eigenvalue weighted by Gasteiger charge is -2.12. The summed E-state index contributed by atoms with van der Waals surface area (Å²) in [7, 11) is 0. The van der Waals surface area contributed by atoms with Crippen molar-refractivity contribution in [3.8, 4) is 0 Å². The number of nitrogens with zero attached hydrogens (tertiary/aromatic N) is 3. The van der Waals surface area contributed by atoms with Gasteiger partial charge in [-0.25, -0.2) is 9.97 Å². The van der Waals surface area contributed by atoms with E-state index in [4.69, 9.17) is 9.84 Å². The molecule has 0 unspecified atom stereocenters. The van der Waals surface area contributed by atoms with Crippen LogP contribution in [-0.2, 0) is 4.74 Å². The number of aliphatic hydroxyl groups excluding tert-OH is 3. The summed E-state index contributed by atoms with van der Waals surface area (Å²) in [5.74, 6) is 0. The molecular formula is C11H11F3N4O4S. The van der Waals surface area contributed by atoms with Gasteiger partial charge in [-0.2, -0.15) is 18.3 Å². The average molecular weight is 352 g/mol. The van der Waals surface area contributed by atoms with Crippen LogP contribution >= 0.6 is 11.8 Å². The van der Waals surface area contributed by atoms with Gasteiger partial charge >= 0.3 is 5.51 Å². The van der Waals surface area contributed by atoms with Gasteiger partial charge in [-0.1, -0.05) is 0 Å². The fourth-order valence-corrected chi connectivity index (χ4v) is 2.91. The molecule has 0 aliphatic carbocycles. The van der Waals surface area contributed by atoms with Crippen LogP contribution in [0.2, 0.25) is 0 Å². The molecule has 1 saturated heterocycles. The average Bonchev–Trinajstić information content (AvgIpc) is 3.01. The molecule has 0 saturated carbocycles. The molecule has 1 aliphatic rings. The van der Waals surface area contributed by atoms with Gasteiger partial charge in [0.1, 0.15) is 46.8 Å². The van der Waals surface area contributed by atoms with E-state index in [1.165, 1.54) is 0 Å². The maximum Gasteiger partial charge on any atom is 0.447 e. The number of ether oxygens (including phenoxy) is 1. The van der Waals surface area contributed by atoms with Crippen LogP contribution in [0.1, 0.15) is 11.8 Å². The molecular weight excluding hydrogens is 341 g/mol. The highest BCUT2D eigenvalue weighted by molar-refractivity contribution is 8.00. The predicted octanol–water partition coefficient (Wildman–Crippen LogP) is 0.119. The molecule has 2 aromatic rings. The van der Waals surface area contributed by atoms with Crippen LogP contribution in [0.5, 0.6) is 0 Å². The summed E-state index contributed by atoms with van der Waals surface area (Å²) in [4.78, 5) is 7.42. The SMILES string of the molecule is OC[C@H]1O[C@@H](c2[nH]nc3c(SC(F)(F)F)ncnc23)[C@H](O)[C@@H]1O. The Bertz CT molecular complexity index is 712. The standard InChI is InChI=1S/C11H11F3N4O4S/c12-11(13,14)23-10-6-4(15-2-16-10)5(17-18-6)9-8(21)7(20)3(1-19)22-9/h2-3,7-9,19-21H,1H2,(H,17,18)/t3-,7-,8-,9+/m1/s1. The van der Waals surface area contributed by atoms with E-state index >= 15 is 0 Å². The predicted molar refractivity (Wildman–Crippen MR) is 70.3 cm³/mol. The first kappa shape index (κ1) is 16.4. The lowest BCUT2D eigenvalue weighted by molar-refractivity contribution is -0.0329. The van der Waals surface area contributed by atoms with Gasteiger partial charge in [0, 0.05) is 11.8 Å². The Morgan fingerprint density at radius 1 is 1.22 bits per heavy atom. The Kier molecular flexibility index (Phi) is 4.18. The Labute approximate surface area is 130 Å². The van der Waals surface area contributed by atoms with Crippen molar-refractivity contribution in [2.24, 2.45) is 0 Å². The number of alkyl halides is 3. The van der Waals surface area contributed by atoms with Crippen molar-refractivity contribution < 1.29 is 33.2 Å². The fraction of sp³-hybridized carbons (Fsp3) is 0.545. The van der Waals surface area contributed by atoms with E-state index in [1.807, 2.05) is 0 Å². The number of fused-ring (bicyclic) bond motifs is 1. The number of rotatable bonds is 3. The maximum atomic E-state index is 12.5. The topological polar surface area (TPSA) is 124 Å². The second-order valence-electron chi connectivity index (χ2n) is 4.82. The molecule has 0 radical (unpaired) electrons. The number of aromatic nitrogens is 4. The summed E-state index contributed by atoms with van der Waals surface area (Å²) >= 11 is -0.434. The molecule has 1 aliphatic heterocycles. The van der Waals surface area contributed by atoms with Gasteiger partial charge < -0.3 is 20.1 Å². The number of aromatic amines is 1. The van der Waals surface area contributed by atoms with Gasteiger partial charge in [0.05, 0.1) is 12.3 Å². The van der Waals surface area contributed by atoms with Crippen LogP contribution in [0.4, 0.5) is 13.2 Å². The van der Waals surface area contributed by atoms with Crippen LogP contribution in [-0.4, -0.2) is 65.9 Å². The van der Waals surface area contributed by atoms with Crippen molar-refractivity contribution in [2.45, 2.75) is 35.0 Å². The smallest absolute Gasteiger partial charge is 0.394 e. The van der Waals surface area contributed by atoms with Gasteiger partial charge in [0.2, 0.25) is 0 Å². The highest BCUT2D eigenvalue weighted by Gasteiger charge is 2.45. The number of aliphatic hydroxyl groups is 3. The third-order valence-corrected chi connectivity index (χ3v) is 4.09. The zero-order valence-corrected chi connectivity index (χ0v) is 12.0. The maximum absolute atomic E-state index is 12.5. The normalized spacial score (nSPS) is 28.6. The number of thioether (sulfide) groups is 1. The van der Waals surface area contributed by atoms with Crippen molar-refractivity contribution in [3.63, 3.8) is 0 Å². The van der Waals surface area contributed by atoms with Crippen LogP contribution in [0, 0.1) is 0 Å². The van der Waals surface area contributed by atoms with Crippen LogP contribution in [0.15, 0.2) is 11.4 Å². The number of hydrogen-bond acceptors (Lipinski definition) is 8. The first-order valence-electron chi connectivity index (χ1n) is 6.39. The van der Waals surface area contributed by atoms with Gasteiger partial charge in [-0.05, 0) is 0 Å². The summed E-state index contributed by atoms with van der Waals surface area (Å²) in [6.07, 6.45) is -3.90. The van der Waals surface area contributed by atoms with E-state index < -0.39 is 53.3 Å². The van der Waals surface area contributed by atoms with E-state index in [1.54, 1.807) is 0 Å². The monoisotopic (exact) mass is 352 g/mol. The van der Waals surface area contributed by atoms with Crippen LogP contribution < -0.4 is 0 Å². The van der Waals surface area contributed by atoms with E-state index in [9.17, 15) is 23.4 Å². The summed E-state index contributed by atoms with van der Waals surface area (Å²) in [5, 5.41) is 34.6. The van der Waals surface area contributed by atoms with Gasteiger partial charge in [-0.15, -0.1) is 0 Å². The molecule has 0 aromatic carbocycles. The molecule has 4 N–H and O–H groups in total. The van der Waals surface area contributed by atoms with Crippen molar-refractivity contribution in [1.29, 1.82) is 0 Å². The molecule has 8 nitrogen and oxygen atoms in total. The van der Waals surface area contributed by atoms with Crippen LogP contribution in [0.25, 0.3) is 11.0 Å². The third kappa shape index (κ3) is 2.99. The Balaban J connectivity index is 1.99. The molecule has 3 rings (SSSR count). The quantitative estimate of drug-likeness (QED) is 0.454. The van der Waals surface area contributed by atoms with Crippen molar-refractivity contribution in [2.75, 3.05) is 6.61 Å². The van der Waals surface area contributed by atoms with Crippen molar-refractivity contribution >= 4 is 22.8 Å². The van der Waals surface area contributed by atoms with Gasteiger partial charge in [0.15, 0.2) is 0 Å². The van der Waals surface area contributed by atoms with Crippen molar-refractivity contribution in [1.82, 2.24) is 20.2 Å². The van der Waals surface area contributed by atoms with E-state index in [0.29, 0.717) is 0 Å². The molecule has 0 bridgehead atoms. The number of halogens is 3. The fourth-order valence-electron chi connectivity index (χ4n) is 2.35. The second-order valence-corrected chi connectivity index (χ2v) is 5.87. The molecule has 126 valence electrons. The van der Waals surface area contributed by atoms with E-state index in [0.717, 1.165) is 6.33 Å². The lowest BCUT2D eigenvalue weighted by Crippen LogP contribution is -2.32. The minimum Gasteiger partial charge on any atom is -0.394 e. The molecule has 1 fully saturated rings. The largest absolute Gasteiger partial charge is 0.447 e. The minimum absolute atomic E-state index is 0.0431. The molecule has 3 heterocycles. The third-order valence-electron chi connectivity index (χ3n) is 3.37. The Morgan fingerprint density at radius 2 is 1.96 bits per heavy atom. The molecule has 12 heteroatoms. The highest BCUT2D eigenvalue weighted by atomic mass is 32.2. The van der Waals surface area contributed by atoms with Crippen molar-refractivity contribution in [3.05, 3.63) is 12.0 Å². The summed E-state index contributed by atoms with van der Waals surface area (Å²) < 4.78 is 42.9. The first-order chi connectivity index (χ1) is 10.8. The zero-order valence-electron chi connectivity index (χ0n) is 11.2. The number of H-pyrrole nitrogens is 1. The van der Waals surface area contributed by atoms with Gasteiger partial charge in [-0.3, -0.25) is 5.10 Å². The lowest BCUT2D eigenvalue weighted by atomic mass is 10.1. The second kappa shape index (κ2) is 5.87.